The molecule has 1 saturated heterocycles. The number of oxazole rings is 1. The van der Waals surface area contributed by atoms with Gasteiger partial charge in [0, 0.05) is 31.9 Å². The highest BCUT2D eigenvalue weighted by atomic mass is 16.4. The van der Waals surface area contributed by atoms with Crippen LogP contribution in [0.5, 0.6) is 0 Å². The molecule has 0 spiro atoms. The lowest BCUT2D eigenvalue weighted by Gasteiger charge is -2.33. The van der Waals surface area contributed by atoms with E-state index in [0.717, 1.165) is 66.1 Å². The third-order valence-corrected chi connectivity index (χ3v) is 8.15. The first-order valence-corrected chi connectivity index (χ1v) is 14.0. The Morgan fingerprint density at radius 2 is 1.98 bits per heavy atom. The van der Waals surface area contributed by atoms with Gasteiger partial charge in [-0.15, -0.1) is 0 Å². The van der Waals surface area contributed by atoms with Crippen LogP contribution in [0.25, 0.3) is 21.9 Å². The minimum Gasteiger partial charge on any atom is -0.423 e. The van der Waals surface area contributed by atoms with E-state index in [4.69, 9.17) is 9.40 Å². The highest BCUT2D eigenvalue weighted by molar-refractivity contribution is 6.05. The van der Waals surface area contributed by atoms with E-state index in [9.17, 15) is 14.4 Å². The summed E-state index contributed by atoms with van der Waals surface area (Å²) in [4.78, 5) is 44.7. The van der Waals surface area contributed by atoms with E-state index >= 15 is 0 Å². The lowest BCUT2D eigenvalue weighted by atomic mass is 9.85. The Kier molecular flexibility index (Phi) is 8.14. The summed E-state index contributed by atoms with van der Waals surface area (Å²) in [5, 5.41) is 4.69. The number of nitrogens with one attached hydrogen (secondary N) is 1. The van der Waals surface area contributed by atoms with Crippen molar-refractivity contribution in [2.45, 2.75) is 57.9 Å². The zero-order valence-corrected chi connectivity index (χ0v) is 23.4. The van der Waals surface area contributed by atoms with Gasteiger partial charge in [-0.2, -0.15) is 4.98 Å². The van der Waals surface area contributed by atoms with Crippen molar-refractivity contribution >= 4 is 52.2 Å². The molecule has 1 aromatic heterocycles. The van der Waals surface area contributed by atoms with Crippen molar-refractivity contribution in [3.8, 4) is 0 Å². The zero-order chi connectivity index (χ0) is 28.2. The molecule has 1 aliphatic rings. The number of benzene rings is 3. The average molecular weight is 541 g/mol. The molecule has 8 nitrogen and oxygen atoms in total. The van der Waals surface area contributed by atoms with Crippen LogP contribution in [0.3, 0.4) is 0 Å². The summed E-state index contributed by atoms with van der Waals surface area (Å²) in [5.41, 5.74) is 5.91. The van der Waals surface area contributed by atoms with Crippen LogP contribution in [0.1, 0.15) is 55.2 Å². The number of amides is 2. The Labute approximate surface area is 234 Å². The number of nitrogens with zero attached hydrogens (tertiary/aromatic N) is 3. The number of likely N-dealkylation sites (N-methyl/N-ethyl adjacent to an activating group) is 1. The summed E-state index contributed by atoms with van der Waals surface area (Å²) in [6, 6.07) is 16.3. The fraction of sp³-hybridized carbons (Fsp3) is 0.375. The first kappa shape index (κ1) is 27.4. The monoisotopic (exact) mass is 540 g/mol. The second kappa shape index (κ2) is 11.9. The van der Waals surface area contributed by atoms with E-state index in [1.165, 1.54) is 16.0 Å². The van der Waals surface area contributed by atoms with E-state index in [2.05, 4.69) is 41.4 Å². The Hall–Kier alpha value is -4.20. The predicted octanol–water partition coefficient (Wildman–Crippen LogP) is 5.29. The molecule has 0 radical (unpaired) electrons. The molecular formula is C32H36N4O4. The van der Waals surface area contributed by atoms with Crippen LogP contribution < -0.4 is 15.1 Å². The van der Waals surface area contributed by atoms with Gasteiger partial charge in [-0.25, -0.2) is 0 Å². The molecule has 2 heterocycles. The summed E-state index contributed by atoms with van der Waals surface area (Å²) in [6.07, 6.45) is 4.78. The fourth-order valence-electron chi connectivity index (χ4n) is 5.95. The van der Waals surface area contributed by atoms with Crippen LogP contribution in [0, 0.1) is 6.92 Å². The quantitative estimate of drug-likeness (QED) is 0.275. The number of hydrogen-bond donors (Lipinski definition) is 1. The Morgan fingerprint density at radius 1 is 1.18 bits per heavy atom. The van der Waals surface area contributed by atoms with Gasteiger partial charge < -0.3 is 24.3 Å². The fourth-order valence-corrected chi connectivity index (χ4v) is 5.95. The number of aryl methyl sites for hydroxylation is 2. The number of rotatable bonds is 10. The number of carbonyl (C=O) groups is 3. The third kappa shape index (κ3) is 5.18. The van der Waals surface area contributed by atoms with Gasteiger partial charge in [0.1, 0.15) is 17.8 Å². The van der Waals surface area contributed by atoms with Crippen molar-refractivity contribution in [3.05, 3.63) is 65.2 Å². The molecule has 0 aliphatic carbocycles. The van der Waals surface area contributed by atoms with Crippen molar-refractivity contribution in [1.82, 2.24) is 10.3 Å². The average Bonchev–Trinajstić information content (AvgIpc) is 3.42. The Morgan fingerprint density at radius 3 is 2.67 bits per heavy atom. The number of carbonyl (C=O) groups excluding carboxylic acids is 3. The Bertz CT molecular complexity index is 1540. The van der Waals surface area contributed by atoms with Crippen LogP contribution in [-0.4, -0.2) is 49.8 Å². The number of hydrogen-bond acceptors (Lipinski definition) is 6. The number of aldehydes is 1. The first-order valence-electron chi connectivity index (χ1n) is 14.0. The normalized spacial score (nSPS) is 14.8. The lowest BCUT2D eigenvalue weighted by Crippen LogP contribution is -2.45. The molecule has 1 N–H and O–H groups in total. The molecule has 1 aliphatic heterocycles. The van der Waals surface area contributed by atoms with Crippen molar-refractivity contribution < 1.29 is 18.8 Å². The highest BCUT2D eigenvalue weighted by Crippen LogP contribution is 2.40. The molecule has 1 atom stereocenters. The molecule has 4 aromatic rings. The van der Waals surface area contributed by atoms with E-state index in [-0.39, 0.29) is 18.7 Å². The van der Waals surface area contributed by atoms with Gasteiger partial charge in [0.15, 0.2) is 5.58 Å². The van der Waals surface area contributed by atoms with E-state index < -0.39 is 6.04 Å². The largest absolute Gasteiger partial charge is 0.423 e. The van der Waals surface area contributed by atoms with Gasteiger partial charge in [-0.05, 0) is 78.8 Å². The van der Waals surface area contributed by atoms with Gasteiger partial charge in [0.2, 0.25) is 12.3 Å². The number of fused-ring (bicyclic) bond motifs is 2. The van der Waals surface area contributed by atoms with E-state index in [1.54, 1.807) is 7.05 Å². The van der Waals surface area contributed by atoms with E-state index in [0.29, 0.717) is 24.0 Å². The maximum atomic E-state index is 12.7. The molecule has 5 rings (SSSR count). The Balaban J connectivity index is 1.43. The van der Waals surface area contributed by atoms with Crippen molar-refractivity contribution in [3.63, 3.8) is 0 Å². The third-order valence-electron chi connectivity index (χ3n) is 8.15. The minimum atomic E-state index is -0.769. The van der Waals surface area contributed by atoms with Crippen LogP contribution >= 0.6 is 0 Å². The van der Waals surface area contributed by atoms with E-state index in [1.807, 2.05) is 31.2 Å². The smallest absolute Gasteiger partial charge is 0.298 e. The molecule has 2 amide bonds. The molecule has 208 valence electrons. The maximum Gasteiger partial charge on any atom is 0.298 e. The van der Waals surface area contributed by atoms with Gasteiger partial charge in [0.05, 0.1) is 5.69 Å². The highest BCUT2D eigenvalue weighted by Gasteiger charge is 2.29. The van der Waals surface area contributed by atoms with Gasteiger partial charge in [-0.1, -0.05) is 37.3 Å². The molecule has 1 unspecified atom stereocenters. The second-order valence-electron chi connectivity index (χ2n) is 10.5. The molecular weight excluding hydrogens is 504 g/mol. The topological polar surface area (TPSA) is 95.8 Å². The molecule has 8 heteroatoms. The SMILES string of the molecule is CCc1ccc2oc(N3CCC(c4ccc(N(C=O)C(CCC=O)C(=O)NC)c5c(C)cccc45)CC3)nc2c1. The summed E-state index contributed by atoms with van der Waals surface area (Å²) in [6.45, 7) is 5.82. The number of anilines is 2. The predicted molar refractivity (Wildman–Crippen MR) is 158 cm³/mol. The summed E-state index contributed by atoms with van der Waals surface area (Å²) in [7, 11) is 1.54. The maximum absolute atomic E-state index is 12.7. The molecule has 0 bridgehead atoms. The number of aromatic nitrogens is 1. The first-order chi connectivity index (χ1) is 19.5. The van der Waals surface area contributed by atoms with Crippen LogP contribution in [0.2, 0.25) is 0 Å². The number of piperidine rings is 1. The molecule has 0 saturated carbocycles. The van der Waals surface area contributed by atoms with Crippen molar-refractivity contribution in [2.75, 3.05) is 29.9 Å². The van der Waals surface area contributed by atoms with Crippen LogP contribution in [0.15, 0.2) is 52.9 Å². The zero-order valence-electron chi connectivity index (χ0n) is 23.4. The van der Waals surface area contributed by atoms with Gasteiger partial charge in [0.25, 0.3) is 6.01 Å². The van der Waals surface area contributed by atoms with Crippen LogP contribution in [0.4, 0.5) is 11.7 Å². The second-order valence-corrected chi connectivity index (χ2v) is 10.5. The van der Waals surface area contributed by atoms with Crippen molar-refractivity contribution in [1.29, 1.82) is 0 Å². The van der Waals surface area contributed by atoms with Crippen molar-refractivity contribution in [2.24, 2.45) is 0 Å². The molecule has 40 heavy (non-hydrogen) atoms. The summed E-state index contributed by atoms with van der Waals surface area (Å²) >= 11 is 0. The minimum absolute atomic E-state index is 0.190. The summed E-state index contributed by atoms with van der Waals surface area (Å²) < 4.78 is 6.09. The molecule has 1 fully saturated rings. The lowest BCUT2D eigenvalue weighted by molar-refractivity contribution is -0.123. The standard InChI is InChI=1S/C32H36N4O4/c1-4-22-10-13-29-26(19-22)34-32(40-29)35-16-14-23(15-17-35)24-11-12-27(30-21(2)7-5-8-25(24)30)36(20-38)28(9-6-18-37)31(39)33-3/h5,7-8,10-13,18-20,23,28H,4,6,9,14-17H2,1-3H3,(H,33,39). The summed E-state index contributed by atoms with van der Waals surface area (Å²) in [5.74, 6) is 0.0393. The van der Waals surface area contributed by atoms with Gasteiger partial charge in [-0.3, -0.25) is 9.59 Å². The van der Waals surface area contributed by atoms with Gasteiger partial charge >= 0.3 is 0 Å². The molecule has 3 aromatic carbocycles. The van der Waals surface area contributed by atoms with Crippen LogP contribution in [-0.2, 0) is 20.8 Å².